The van der Waals surface area contributed by atoms with Gasteiger partial charge in [0.15, 0.2) is 0 Å². The number of aryl methyl sites for hydroxylation is 1. The van der Waals surface area contributed by atoms with E-state index in [1.165, 1.54) is 0 Å². The summed E-state index contributed by atoms with van der Waals surface area (Å²) in [6.07, 6.45) is 1.08. The van der Waals surface area contributed by atoms with Crippen molar-refractivity contribution >= 4 is 17.2 Å². The second-order valence-corrected chi connectivity index (χ2v) is 7.87. The molecule has 2 saturated heterocycles. The normalized spacial score (nSPS) is 21.6. The van der Waals surface area contributed by atoms with Gasteiger partial charge in [-0.25, -0.2) is 4.98 Å². The molecule has 5 nitrogen and oxygen atoms in total. The number of piperazine rings is 1. The minimum Gasteiger partial charge on any atom is -0.337 e. The van der Waals surface area contributed by atoms with Gasteiger partial charge in [-0.05, 0) is 25.5 Å². The van der Waals surface area contributed by atoms with Gasteiger partial charge in [0, 0.05) is 61.8 Å². The van der Waals surface area contributed by atoms with E-state index in [2.05, 4.69) is 20.6 Å². The SMILES string of the molecule is Cc1nc(-c2cccc(C(=O)N3CCC(N4CCNCC4)C3)c2)cs1. The third kappa shape index (κ3) is 3.61. The number of hydrogen-bond acceptors (Lipinski definition) is 5. The van der Waals surface area contributed by atoms with E-state index in [1.54, 1.807) is 11.3 Å². The highest BCUT2D eigenvalue weighted by atomic mass is 32.1. The van der Waals surface area contributed by atoms with Crippen molar-refractivity contribution in [1.82, 2.24) is 20.1 Å². The molecular formula is C19H24N4OS. The predicted octanol–water partition coefficient (Wildman–Crippen LogP) is 2.24. The Morgan fingerprint density at radius 1 is 1.28 bits per heavy atom. The molecule has 2 aliphatic heterocycles. The molecule has 2 fully saturated rings. The summed E-state index contributed by atoms with van der Waals surface area (Å²) in [6.45, 7) is 7.99. The number of aromatic nitrogens is 1. The maximum atomic E-state index is 12.9. The monoisotopic (exact) mass is 356 g/mol. The first kappa shape index (κ1) is 16.7. The van der Waals surface area contributed by atoms with Crippen LogP contribution >= 0.6 is 11.3 Å². The van der Waals surface area contributed by atoms with E-state index in [0.717, 1.165) is 67.5 Å². The van der Waals surface area contributed by atoms with Crippen LogP contribution < -0.4 is 5.32 Å². The fourth-order valence-electron chi connectivity index (χ4n) is 3.76. The lowest BCUT2D eigenvalue weighted by molar-refractivity contribution is 0.0773. The Morgan fingerprint density at radius 2 is 2.12 bits per heavy atom. The molecule has 25 heavy (non-hydrogen) atoms. The number of carbonyl (C=O) groups is 1. The van der Waals surface area contributed by atoms with E-state index >= 15 is 0 Å². The molecule has 0 spiro atoms. The van der Waals surface area contributed by atoms with Crippen LogP contribution in [0.2, 0.25) is 0 Å². The molecule has 132 valence electrons. The summed E-state index contributed by atoms with van der Waals surface area (Å²) >= 11 is 1.64. The number of nitrogens with one attached hydrogen (secondary N) is 1. The number of likely N-dealkylation sites (tertiary alicyclic amines) is 1. The molecule has 2 aromatic rings. The van der Waals surface area contributed by atoms with Crippen LogP contribution in [0.15, 0.2) is 29.6 Å². The summed E-state index contributed by atoms with van der Waals surface area (Å²) in [5.74, 6) is 0.145. The van der Waals surface area contributed by atoms with Gasteiger partial charge >= 0.3 is 0 Å². The molecule has 0 bridgehead atoms. The highest BCUT2D eigenvalue weighted by molar-refractivity contribution is 7.09. The summed E-state index contributed by atoms with van der Waals surface area (Å²) in [7, 11) is 0. The zero-order chi connectivity index (χ0) is 17.2. The Balaban J connectivity index is 1.46. The molecule has 3 heterocycles. The Morgan fingerprint density at radius 3 is 2.88 bits per heavy atom. The lowest BCUT2D eigenvalue weighted by Crippen LogP contribution is -2.49. The van der Waals surface area contributed by atoms with Gasteiger partial charge in [0.05, 0.1) is 10.7 Å². The van der Waals surface area contributed by atoms with Gasteiger partial charge in [0.25, 0.3) is 5.91 Å². The second-order valence-electron chi connectivity index (χ2n) is 6.81. The molecule has 1 aromatic heterocycles. The third-order valence-electron chi connectivity index (χ3n) is 5.14. The van der Waals surface area contributed by atoms with Gasteiger partial charge in [-0.3, -0.25) is 9.69 Å². The Labute approximate surface area is 152 Å². The third-order valence-corrected chi connectivity index (χ3v) is 5.92. The van der Waals surface area contributed by atoms with E-state index in [4.69, 9.17) is 0 Å². The van der Waals surface area contributed by atoms with Gasteiger partial charge in [-0.1, -0.05) is 12.1 Å². The smallest absolute Gasteiger partial charge is 0.253 e. The first-order valence-corrected chi connectivity index (χ1v) is 9.85. The zero-order valence-electron chi connectivity index (χ0n) is 14.6. The Kier molecular flexibility index (Phi) is 4.83. The minimum atomic E-state index is 0.145. The molecule has 6 heteroatoms. The number of nitrogens with zero attached hydrogens (tertiary/aromatic N) is 3. The van der Waals surface area contributed by atoms with Crippen LogP contribution in [-0.4, -0.2) is 66.0 Å². The maximum Gasteiger partial charge on any atom is 0.253 e. The lowest BCUT2D eigenvalue weighted by Gasteiger charge is -2.32. The fourth-order valence-corrected chi connectivity index (χ4v) is 4.38. The van der Waals surface area contributed by atoms with Gasteiger partial charge < -0.3 is 10.2 Å². The van der Waals surface area contributed by atoms with E-state index in [1.807, 2.05) is 36.1 Å². The molecule has 1 N–H and O–H groups in total. The van der Waals surface area contributed by atoms with Crippen LogP contribution in [0.25, 0.3) is 11.3 Å². The maximum absolute atomic E-state index is 12.9. The van der Waals surface area contributed by atoms with E-state index in [-0.39, 0.29) is 5.91 Å². The van der Waals surface area contributed by atoms with E-state index < -0.39 is 0 Å². The Bertz CT molecular complexity index is 753. The zero-order valence-corrected chi connectivity index (χ0v) is 15.4. The molecule has 0 saturated carbocycles. The number of hydrogen-bond donors (Lipinski definition) is 1. The largest absolute Gasteiger partial charge is 0.337 e. The van der Waals surface area contributed by atoms with Crippen molar-refractivity contribution < 1.29 is 4.79 Å². The summed E-state index contributed by atoms with van der Waals surface area (Å²) in [5, 5.41) is 6.49. The van der Waals surface area contributed by atoms with Crippen LogP contribution in [0.5, 0.6) is 0 Å². The minimum absolute atomic E-state index is 0.145. The highest BCUT2D eigenvalue weighted by Crippen LogP contribution is 2.24. The molecule has 0 radical (unpaired) electrons. The highest BCUT2D eigenvalue weighted by Gasteiger charge is 2.31. The van der Waals surface area contributed by atoms with Gasteiger partial charge in [-0.2, -0.15) is 0 Å². The van der Waals surface area contributed by atoms with Crippen LogP contribution in [0.1, 0.15) is 21.8 Å². The fraction of sp³-hybridized carbons (Fsp3) is 0.474. The summed E-state index contributed by atoms with van der Waals surface area (Å²) in [4.78, 5) is 22.0. The summed E-state index contributed by atoms with van der Waals surface area (Å²) in [5.41, 5.74) is 2.74. The van der Waals surface area contributed by atoms with Crippen molar-refractivity contribution in [2.45, 2.75) is 19.4 Å². The first-order valence-electron chi connectivity index (χ1n) is 8.97. The summed E-state index contributed by atoms with van der Waals surface area (Å²) in [6, 6.07) is 8.40. The van der Waals surface area contributed by atoms with Gasteiger partial charge in [0.1, 0.15) is 0 Å². The van der Waals surface area contributed by atoms with Crippen molar-refractivity contribution in [3.8, 4) is 11.3 Å². The summed E-state index contributed by atoms with van der Waals surface area (Å²) < 4.78 is 0. The van der Waals surface area contributed by atoms with Crippen LogP contribution in [0.4, 0.5) is 0 Å². The number of carbonyl (C=O) groups excluding carboxylic acids is 1. The van der Waals surface area contributed by atoms with E-state index in [0.29, 0.717) is 6.04 Å². The Hall–Kier alpha value is -1.76. The van der Waals surface area contributed by atoms with E-state index in [9.17, 15) is 4.79 Å². The number of amides is 1. The molecule has 0 aliphatic carbocycles. The molecular weight excluding hydrogens is 332 g/mol. The standard InChI is InChI=1S/C19H24N4OS/c1-14-21-18(13-25-14)15-3-2-4-16(11-15)19(24)23-8-5-17(12-23)22-9-6-20-7-10-22/h2-4,11,13,17,20H,5-10,12H2,1H3. The van der Waals surface area contributed by atoms with Crippen LogP contribution in [-0.2, 0) is 0 Å². The molecule has 1 unspecified atom stereocenters. The van der Waals surface area contributed by atoms with Crippen molar-refractivity contribution in [1.29, 1.82) is 0 Å². The molecule has 1 aromatic carbocycles. The van der Waals surface area contributed by atoms with Gasteiger partial charge in [0.2, 0.25) is 0 Å². The predicted molar refractivity (Wildman–Crippen MR) is 101 cm³/mol. The number of thiazole rings is 1. The van der Waals surface area contributed by atoms with Crippen molar-refractivity contribution in [2.24, 2.45) is 0 Å². The molecule has 1 atom stereocenters. The molecule has 4 rings (SSSR count). The topological polar surface area (TPSA) is 48.5 Å². The quantitative estimate of drug-likeness (QED) is 0.916. The average Bonchev–Trinajstić information content (AvgIpc) is 3.31. The number of benzene rings is 1. The lowest BCUT2D eigenvalue weighted by atomic mass is 10.1. The van der Waals surface area contributed by atoms with Crippen molar-refractivity contribution in [3.05, 3.63) is 40.2 Å². The number of rotatable bonds is 3. The van der Waals surface area contributed by atoms with Crippen LogP contribution in [0.3, 0.4) is 0 Å². The average molecular weight is 356 g/mol. The molecule has 1 amide bonds. The van der Waals surface area contributed by atoms with Crippen molar-refractivity contribution in [3.63, 3.8) is 0 Å². The van der Waals surface area contributed by atoms with Gasteiger partial charge in [-0.15, -0.1) is 11.3 Å². The van der Waals surface area contributed by atoms with Crippen LogP contribution in [0, 0.1) is 6.92 Å². The van der Waals surface area contributed by atoms with Crippen molar-refractivity contribution in [2.75, 3.05) is 39.3 Å². The first-order chi connectivity index (χ1) is 12.2. The second kappa shape index (κ2) is 7.23. The molecule has 2 aliphatic rings.